The first-order valence-corrected chi connectivity index (χ1v) is 13.2. The molecule has 6 nitrogen and oxygen atoms in total. The van der Waals surface area contributed by atoms with E-state index < -0.39 is 27.9 Å². The van der Waals surface area contributed by atoms with Gasteiger partial charge in [0, 0.05) is 35.6 Å². The Morgan fingerprint density at radius 3 is 2.40 bits per heavy atom. The Hall–Kier alpha value is -2.83. The fourth-order valence-corrected chi connectivity index (χ4v) is 6.25. The number of sulfonamides is 1. The van der Waals surface area contributed by atoms with Gasteiger partial charge in [-0.05, 0) is 36.6 Å². The van der Waals surface area contributed by atoms with Crippen molar-refractivity contribution in [1.82, 2.24) is 9.29 Å². The molecule has 12 heteroatoms. The van der Waals surface area contributed by atoms with Gasteiger partial charge in [-0.3, -0.25) is 4.79 Å². The molecule has 0 bridgehead atoms. The van der Waals surface area contributed by atoms with E-state index in [-0.39, 0.29) is 30.5 Å². The summed E-state index contributed by atoms with van der Waals surface area (Å²) in [5.41, 5.74) is 2.16. The van der Waals surface area contributed by atoms with Crippen LogP contribution >= 0.6 is 11.3 Å². The van der Waals surface area contributed by atoms with Crippen molar-refractivity contribution in [3.63, 3.8) is 0 Å². The Balaban J connectivity index is 1.41. The first kappa shape index (κ1) is 25.3. The van der Waals surface area contributed by atoms with Gasteiger partial charge < -0.3 is 5.32 Å². The lowest BCUT2D eigenvalue weighted by atomic mass is 9.99. The number of hydrogen-bond donors (Lipinski definition) is 1. The maximum atomic E-state index is 13.3. The Morgan fingerprint density at radius 1 is 1.09 bits per heavy atom. The van der Waals surface area contributed by atoms with Crippen LogP contribution in [-0.2, 0) is 10.0 Å². The third kappa shape index (κ3) is 6.24. The molecule has 1 N–H and O–H groups in total. The van der Waals surface area contributed by atoms with Gasteiger partial charge in [-0.1, -0.05) is 30.3 Å². The van der Waals surface area contributed by atoms with Crippen LogP contribution < -0.4 is 5.32 Å². The molecule has 1 amide bonds. The Kier molecular flexibility index (Phi) is 7.25. The topological polar surface area (TPSA) is 79.4 Å². The van der Waals surface area contributed by atoms with Crippen molar-refractivity contribution < 1.29 is 30.8 Å². The molecule has 1 aromatic heterocycles. The number of amides is 1. The lowest BCUT2D eigenvalue weighted by Crippen LogP contribution is -2.42. The highest BCUT2D eigenvalue weighted by Crippen LogP contribution is 2.33. The molecule has 1 aliphatic heterocycles. The van der Waals surface area contributed by atoms with Gasteiger partial charge in [-0.25, -0.2) is 22.1 Å². The zero-order chi connectivity index (χ0) is 25.2. The number of nitrogens with one attached hydrogen (secondary N) is 1. The first-order valence-electron chi connectivity index (χ1n) is 10.7. The molecule has 0 radical (unpaired) electrons. The molecule has 0 unspecified atom stereocenters. The predicted octanol–water partition coefficient (Wildman–Crippen LogP) is 5.27. The SMILES string of the molecule is O=C(Nc1ccccc1-c1ccc(F)cc1)c1csc(C2CCN(S(=O)(=O)CC(F)(F)F)CC2)n1. The number of nitrogens with zero attached hydrogens (tertiary/aromatic N) is 2. The second kappa shape index (κ2) is 10.0. The van der Waals surface area contributed by atoms with Crippen molar-refractivity contribution in [1.29, 1.82) is 0 Å². The summed E-state index contributed by atoms with van der Waals surface area (Å²) in [6.07, 6.45) is -4.15. The van der Waals surface area contributed by atoms with Gasteiger partial charge in [-0.2, -0.15) is 13.2 Å². The second-order valence-electron chi connectivity index (χ2n) is 8.12. The van der Waals surface area contributed by atoms with E-state index in [2.05, 4.69) is 10.3 Å². The molecule has 1 aliphatic rings. The van der Waals surface area contributed by atoms with Crippen molar-refractivity contribution in [2.24, 2.45) is 0 Å². The third-order valence-electron chi connectivity index (χ3n) is 5.63. The number of piperidine rings is 1. The van der Waals surface area contributed by atoms with Crippen LogP contribution in [0.25, 0.3) is 11.1 Å². The number of halogens is 4. The van der Waals surface area contributed by atoms with Gasteiger partial charge >= 0.3 is 6.18 Å². The summed E-state index contributed by atoms with van der Waals surface area (Å²) >= 11 is 1.25. The predicted molar refractivity (Wildman–Crippen MR) is 125 cm³/mol. The molecule has 2 aromatic carbocycles. The minimum absolute atomic E-state index is 0.0325. The maximum absolute atomic E-state index is 13.3. The number of thiazole rings is 1. The highest BCUT2D eigenvalue weighted by molar-refractivity contribution is 7.89. The summed E-state index contributed by atoms with van der Waals surface area (Å²) in [6, 6.07) is 13.0. The van der Waals surface area contributed by atoms with Gasteiger partial charge in [-0.15, -0.1) is 11.3 Å². The van der Waals surface area contributed by atoms with Crippen molar-refractivity contribution in [2.75, 3.05) is 24.2 Å². The molecule has 3 aromatic rings. The summed E-state index contributed by atoms with van der Waals surface area (Å²) in [5, 5.41) is 5.05. The lowest BCUT2D eigenvalue weighted by molar-refractivity contribution is -0.107. The van der Waals surface area contributed by atoms with E-state index in [1.165, 1.54) is 23.5 Å². The summed E-state index contributed by atoms with van der Waals surface area (Å²) in [6.45, 7) is -0.0650. The van der Waals surface area contributed by atoms with E-state index in [1.54, 1.807) is 41.8 Å². The lowest BCUT2D eigenvalue weighted by Gasteiger charge is -2.30. The normalized spacial score (nSPS) is 15.8. The van der Waals surface area contributed by atoms with Crippen LogP contribution in [0.2, 0.25) is 0 Å². The number of hydrogen-bond acceptors (Lipinski definition) is 5. The minimum atomic E-state index is -4.79. The number of carbonyl (C=O) groups excluding carboxylic acids is 1. The van der Waals surface area contributed by atoms with Crippen LogP contribution in [0.5, 0.6) is 0 Å². The van der Waals surface area contributed by atoms with Crippen LogP contribution in [0.1, 0.15) is 34.3 Å². The summed E-state index contributed by atoms with van der Waals surface area (Å²) in [4.78, 5) is 17.2. The van der Waals surface area contributed by atoms with E-state index in [0.717, 1.165) is 9.87 Å². The summed E-state index contributed by atoms with van der Waals surface area (Å²) < 4.78 is 75.8. The van der Waals surface area contributed by atoms with Gasteiger partial charge in [0.15, 0.2) is 5.75 Å². The molecule has 4 rings (SSSR count). The van der Waals surface area contributed by atoms with E-state index in [9.17, 15) is 30.8 Å². The molecule has 1 fully saturated rings. The molecule has 2 heterocycles. The molecular formula is C23H21F4N3O3S2. The number of aromatic nitrogens is 1. The minimum Gasteiger partial charge on any atom is -0.320 e. The van der Waals surface area contributed by atoms with Crippen LogP contribution in [0, 0.1) is 5.82 Å². The molecule has 0 aliphatic carbocycles. The van der Waals surface area contributed by atoms with E-state index in [1.807, 2.05) is 0 Å². The number of carbonyl (C=O) groups is 1. The average Bonchev–Trinajstić information content (AvgIpc) is 3.29. The Bertz CT molecular complexity index is 1300. The molecule has 35 heavy (non-hydrogen) atoms. The van der Waals surface area contributed by atoms with E-state index in [4.69, 9.17) is 0 Å². The summed E-state index contributed by atoms with van der Waals surface area (Å²) in [5.74, 6) is -2.82. The molecule has 0 atom stereocenters. The fourth-order valence-electron chi connectivity index (χ4n) is 3.92. The van der Waals surface area contributed by atoms with Crippen molar-refractivity contribution in [2.45, 2.75) is 24.9 Å². The van der Waals surface area contributed by atoms with Crippen molar-refractivity contribution in [3.05, 3.63) is 70.4 Å². The van der Waals surface area contributed by atoms with Crippen molar-refractivity contribution >= 4 is 33.0 Å². The van der Waals surface area contributed by atoms with E-state index >= 15 is 0 Å². The second-order valence-corrected chi connectivity index (χ2v) is 11.0. The van der Waals surface area contributed by atoms with Crippen molar-refractivity contribution in [3.8, 4) is 11.1 Å². The quantitative estimate of drug-likeness (QED) is 0.443. The zero-order valence-electron chi connectivity index (χ0n) is 18.3. The maximum Gasteiger partial charge on any atom is 0.404 e. The zero-order valence-corrected chi connectivity index (χ0v) is 19.9. The van der Waals surface area contributed by atoms with E-state index in [0.29, 0.717) is 29.1 Å². The molecule has 186 valence electrons. The monoisotopic (exact) mass is 527 g/mol. The van der Waals surface area contributed by atoms with Gasteiger partial charge in [0.1, 0.15) is 11.5 Å². The number of anilines is 1. The third-order valence-corrected chi connectivity index (χ3v) is 8.48. The smallest absolute Gasteiger partial charge is 0.320 e. The molecular weight excluding hydrogens is 506 g/mol. The number of alkyl halides is 3. The Labute approximate surface area is 203 Å². The fraction of sp³-hybridized carbons (Fsp3) is 0.304. The molecule has 0 saturated carbocycles. The Morgan fingerprint density at radius 2 is 1.74 bits per heavy atom. The van der Waals surface area contributed by atoms with Gasteiger partial charge in [0.05, 0.1) is 5.01 Å². The average molecular weight is 528 g/mol. The molecule has 0 spiro atoms. The van der Waals surface area contributed by atoms with Gasteiger partial charge in [0.25, 0.3) is 5.91 Å². The number of rotatable bonds is 6. The number of benzene rings is 2. The largest absolute Gasteiger partial charge is 0.404 e. The van der Waals surface area contributed by atoms with Crippen LogP contribution in [0.15, 0.2) is 53.9 Å². The van der Waals surface area contributed by atoms with Crippen LogP contribution in [0.4, 0.5) is 23.2 Å². The van der Waals surface area contributed by atoms with Crippen LogP contribution in [0.3, 0.4) is 0 Å². The van der Waals surface area contributed by atoms with Crippen LogP contribution in [-0.4, -0.2) is 48.6 Å². The van der Waals surface area contributed by atoms with Gasteiger partial charge in [0.2, 0.25) is 10.0 Å². The molecule has 1 saturated heterocycles. The standard InChI is InChI=1S/C23H21F4N3O3S2/c24-17-7-5-15(6-8-17)18-3-1-2-4-19(18)28-21(31)20-13-34-22(29-20)16-9-11-30(12-10-16)35(32,33)14-23(25,26)27/h1-8,13,16H,9-12,14H2,(H,28,31). The first-order chi connectivity index (χ1) is 16.5. The summed E-state index contributed by atoms with van der Waals surface area (Å²) in [7, 11) is -4.41. The number of para-hydroxylation sites is 1. The highest BCUT2D eigenvalue weighted by atomic mass is 32.2. The highest BCUT2D eigenvalue weighted by Gasteiger charge is 2.39.